The summed E-state index contributed by atoms with van der Waals surface area (Å²) in [5, 5.41) is 3.16. The second kappa shape index (κ2) is 5.50. The average Bonchev–Trinajstić information content (AvgIpc) is 2.54. The van der Waals surface area contributed by atoms with Crippen molar-refractivity contribution >= 4 is 10.0 Å². The van der Waals surface area contributed by atoms with Crippen molar-refractivity contribution in [1.82, 2.24) is 10.0 Å². The Morgan fingerprint density at radius 2 is 2.40 bits per heavy atom. The van der Waals surface area contributed by atoms with E-state index in [0.717, 1.165) is 19.4 Å². The van der Waals surface area contributed by atoms with E-state index >= 15 is 0 Å². The molecule has 0 saturated carbocycles. The van der Waals surface area contributed by atoms with Crippen LogP contribution in [-0.2, 0) is 10.0 Å². The second-order valence-corrected chi connectivity index (χ2v) is 5.80. The Bertz CT molecular complexity index is 326. The molecule has 0 aromatic carbocycles. The van der Waals surface area contributed by atoms with Crippen molar-refractivity contribution in [2.45, 2.75) is 38.3 Å². The van der Waals surface area contributed by atoms with Gasteiger partial charge in [0.05, 0.1) is 5.75 Å². The van der Waals surface area contributed by atoms with Crippen molar-refractivity contribution in [3.05, 3.63) is 0 Å². The zero-order chi connectivity index (χ0) is 11.3. The van der Waals surface area contributed by atoms with Gasteiger partial charge in [-0.3, -0.25) is 0 Å². The molecule has 1 heterocycles. The summed E-state index contributed by atoms with van der Waals surface area (Å²) in [6, 6.07) is -0.0815. The van der Waals surface area contributed by atoms with Gasteiger partial charge in [0.25, 0.3) is 0 Å². The Balaban J connectivity index is 2.41. The molecule has 1 aliphatic rings. The van der Waals surface area contributed by atoms with Crippen molar-refractivity contribution in [2.24, 2.45) is 0 Å². The van der Waals surface area contributed by atoms with Gasteiger partial charge in [-0.25, -0.2) is 13.1 Å². The molecule has 0 amide bonds. The lowest BCUT2D eigenvalue weighted by Gasteiger charge is -2.14. The Kier molecular flexibility index (Phi) is 4.58. The number of terminal acetylenes is 1. The van der Waals surface area contributed by atoms with Gasteiger partial charge in [0.2, 0.25) is 10.0 Å². The molecule has 15 heavy (non-hydrogen) atoms. The molecule has 0 aromatic heterocycles. The molecule has 0 aliphatic carbocycles. The summed E-state index contributed by atoms with van der Waals surface area (Å²) in [7, 11) is -3.19. The van der Waals surface area contributed by atoms with Crippen LogP contribution in [0.25, 0.3) is 0 Å². The van der Waals surface area contributed by atoms with E-state index in [1.54, 1.807) is 6.92 Å². The van der Waals surface area contributed by atoms with Crippen LogP contribution in [0.3, 0.4) is 0 Å². The van der Waals surface area contributed by atoms with Crippen LogP contribution in [-0.4, -0.2) is 32.8 Å². The summed E-state index contributed by atoms with van der Waals surface area (Å²) in [6.45, 7) is 2.69. The highest BCUT2D eigenvalue weighted by atomic mass is 32.2. The van der Waals surface area contributed by atoms with Crippen LogP contribution in [0.5, 0.6) is 0 Å². The Hall–Kier alpha value is -0.570. The number of rotatable bonds is 5. The molecule has 4 nitrogen and oxygen atoms in total. The summed E-state index contributed by atoms with van der Waals surface area (Å²) in [4.78, 5) is 0. The van der Waals surface area contributed by atoms with Gasteiger partial charge in [0.1, 0.15) is 0 Å². The lowest BCUT2D eigenvalue weighted by atomic mass is 10.3. The molecular formula is C10H18N2O2S. The minimum Gasteiger partial charge on any atom is -0.313 e. The first-order valence-electron chi connectivity index (χ1n) is 5.20. The molecule has 1 saturated heterocycles. The van der Waals surface area contributed by atoms with E-state index in [4.69, 9.17) is 6.42 Å². The lowest BCUT2D eigenvalue weighted by Crippen LogP contribution is -2.40. The van der Waals surface area contributed by atoms with Crippen molar-refractivity contribution in [3.8, 4) is 12.3 Å². The third-order valence-corrected chi connectivity index (χ3v) is 3.99. The fourth-order valence-electron chi connectivity index (χ4n) is 1.74. The molecule has 2 unspecified atom stereocenters. The highest BCUT2D eigenvalue weighted by Gasteiger charge is 2.22. The van der Waals surface area contributed by atoms with E-state index in [2.05, 4.69) is 16.0 Å². The predicted octanol–water partition coefficient (Wildman–Crippen LogP) is 0.0696. The Labute approximate surface area is 91.9 Å². The average molecular weight is 230 g/mol. The SMILES string of the molecule is C#CCC(C)NS(=O)(=O)CC1CCCN1. The second-order valence-electron chi connectivity index (χ2n) is 4.00. The van der Waals surface area contributed by atoms with E-state index in [1.165, 1.54) is 0 Å². The van der Waals surface area contributed by atoms with Crippen LogP contribution in [0.4, 0.5) is 0 Å². The molecule has 86 valence electrons. The first kappa shape index (κ1) is 12.5. The van der Waals surface area contributed by atoms with Crippen LogP contribution < -0.4 is 10.0 Å². The summed E-state index contributed by atoms with van der Waals surface area (Å²) in [5.74, 6) is 2.60. The molecule has 0 aromatic rings. The summed E-state index contributed by atoms with van der Waals surface area (Å²) < 4.78 is 25.9. The predicted molar refractivity (Wildman–Crippen MR) is 60.9 cm³/mol. The normalized spacial score (nSPS) is 23.6. The third kappa shape index (κ3) is 4.65. The van der Waals surface area contributed by atoms with Gasteiger partial charge in [-0.05, 0) is 26.3 Å². The third-order valence-electron chi connectivity index (χ3n) is 2.39. The maximum absolute atomic E-state index is 11.7. The highest BCUT2D eigenvalue weighted by Crippen LogP contribution is 2.07. The van der Waals surface area contributed by atoms with Gasteiger partial charge in [-0.15, -0.1) is 12.3 Å². The number of hydrogen-bond donors (Lipinski definition) is 2. The first-order chi connectivity index (χ1) is 7.03. The monoisotopic (exact) mass is 230 g/mol. The molecule has 1 fully saturated rings. The van der Waals surface area contributed by atoms with Gasteiger partial charge in [-0.2, -0.15) is 0 Å². The smallest absolute Gasteiger partial charge is 0.213 e. The summed E-state index contributed by atoms with van der Waals surface area (Å²) >= 11 is 0. The van der Waals surface area contributed by atoms with E-state index < -0.39 is 10.0 Å². The minimum absolute atomic E-state index is 0.0977. The lowest BCUT2D eigenvalue weighted by molar-refractivity contribution is 0.548. The summed E-state index contributed by atoms with van der Waals surface area (Å²) in [6.07, 6.45) is 7.53. The Morgan fingerprint density at radius 1 is 1.67 bits per heavy atom. The van der Waals surface area contributed by atoms with Crippen molar-refractivity contribution in [2.75, 3.05) is 12.3 Å². The molecule has 2 N–H and O–H groups in total. The highest BCUT2D eigenvalue weighted by molar-refractivity contribution is 7.89. The summed E-state index contributed by atoms with van der Waals surface area (Å²) in [5.41, 5.74) is 0. The molecule has 1 aliphatic heterocycles. The van der Waals surface area contributed by atoms with Crippen molar-refractivity contribution in [1.29, 1.82) is 0 Å². The molecule has 0 bridgehead atoms. The van der Waals surface area contributed by atoms with Crippen LogP contribution in [0.2, 0.25) is 0 Å². The molecule has 5 heteroatoms. The van der Waals surface area contributed by atoms with Crippen LogP contribution >= 0.6 is 0 Å². The van der Waals surface area contributed by atoms with Crippen LogP contribution in [0, 0.1) is 12.3 Å². The van der Waals surface area contributed by atoms with Gasteiger partial charge >= 0.3 is 0 Å². The first-order valence-corrected chi connectivity index (χ1v) is 6.85. The number of nitrogens with one attached hydrogen (secondary N) is 2. The topological polar surface area (TPSA) is 58.2 Å². The van der Waals surface area contributed by atoms with E-state index in [1.807, 2.05) is 0 Å². The largest absolute Gasteiger partial charge is 0.313 e. The molecular weight excluding hydrogens is 212 g/mol. The standard InChI is InChI=1S/C10H18N2O2S/c1-3-5-9(2)12-15(13,14)8-10-6-4-7-11-10/h1,9-12H,4-8H2,2H3. The quantitative estimate of drug-likeness (QED) is 0.657. The van der Waals surface area contributed by atoms with Crippen LogP contribution in [0.1, 0.15) is 26.2 Å². The van der Waals surface area contributed by atoms with E-state index in [0.29, 0.717) is 6.42 Å². The molecule has 1 rings (SSSR count). The van der Waals surface area contributed by atoms with Crippen molar-refractivity contribution in [3.63, 3.8) is 0 Å². The van der Waals surface area contributed by atoms with E-state index in [9.17, 15) is 8.42 Å². The molecule has 0 radical (unpaired) electrons. The fraction of sp³-hybridized carbons (Fsp3) is 0.800. The van der Waals surface area contributed by atoms with Gasteiger partial charge in [0, 0.05) is 18.5 Å². The fourth-order valence-corrected chi connectivity index (χ4v) is 3.34. The zero-order valence-corrected chi connectivity index (χ0v) is 9.81. The molecule has 2 atom stereocenters. The number of hydrogen-bond acceptors (Lipinski definition) is 3. The number of sulfonamides is 1. The van der Waals surface area contributed by atoms with Crippen LogP contribution in [0.15, 0.2) is 0 Å². The zero-order valence-electron chi connectivity index (χ0n) is 8.99. The van der Waals surface area contributed by atoms with Gasteiger partial charge in [-0.1, -0.05) is 0 Å². The molecule has 0 spiro atoms. The maximum atomic E-state index is 11.7. The van der Waals surface area contributed by atoms with Gasteiger partial charge < -0.3 is 5.32 Å². The Morgan fingerprint density at radius 3 is 2.93 bits per heavy atom. The van der Waals surface area contributed by atoms with Crippen molar-refractivity contribution < 1.29 is 8.42 Å². The minimum atomic E-state index is -3.19. The van der Waals surface area contributed by atoms with E-state index in [-0.39, 0.29) is 17.8 Å². The van der Waals surface area contributed by atoms with Gasteiger partial charge in [0.15, 0.2) is 0 Å². The maximum Gasteiger partial charge on any atom is 0.213 e.